The number of anilines is 1. The molecular formula is C23H22F2N4O4S. The van der Waals surface area contributed by atoms with Crippen LogP contribution in [0.2, 0.25) is 0 Å². The van der Waals surface area contributed by atoms with Crippen molar-refractivity contribution in [1.82, 2.24) is 14.5 Å². The van der Waals surface area contributed by atoms with Crippen LogP contribution in [0.1, 0.15) is 24.1 Å². The predicted molar refractivity (Wildman–Crippen MR) is 123 cm³/mol. The molecule has 1 unspecified atom stereocenters. The number of halogens is 2. The van der Waals surface area contributed by atoms with Gasteiger partial charge in [0.1, 0.15) is 16.5 Å². The summed E-state index contributed by atoms with van der Waals surface area (Å²) in [7, 11) is -0.591. The Morgan fingerprint density at radius 3 is 2.56 bits per heavy atom. The zero-order valence-corrected chi connectivity index (χ0v) is 19.4. The molecule has 4 rings (SSSR count). The highest BCUT2D eigenvalue weighted by molar-refractivity contribution is 7.92. The number of rotatable bonds is 7. The van der Waals surface area contributed by atoms with E-state index in [1.54, 1.807) is 6.92 Å². The number of hydrogen-bond donors (Lipinski definition) is 1. The first kappa shape index (κ1) is 23.6. The average Bonchev–Trinajstić information content (AvgIpc) is 3.06. The third-order valence-electron chi connectivity index (χ3n) is 5.23. The fourth-order valence-corrected chi connectivity index (χ4v) is 4.81. The van der Waals surface area contributed by atoms with E-state index in [0.29, 0.717) is 6.54 Å². The Bertz CT molecular complexity index is 1530. The van der Waals surface area contributed by atoms with Gasteiger partial charge in [-0.05, 0) is 44.3 Å². The molecule has 0 saturated heterocycles. The summed E-state index contributed by atoms with van der Waals surface area (Å²) in [6, 6.07) is 12.5. The van der Waals surface area contributed by atoms with Crippen LogP contribution in [0, 0.1) is 11.8 Å². The molecule has 0 amide bonds. The van der Waals surface area contributed by atoms with Crippen molar-refractivity contribution in [2.45, 2.75) is 24.4 Å². The molecule has 0 radical (unpaired) electrons. The van der Waals surface area contributed by atoms with Crippen molar-refractivity contribution in [3.63, 3.8) is 0 Å². The van der Waals surface area contributed by atoms with E-state index in [9.17, 15) is 22.0 Å². The van der Waals surface area contributed by atoms with Crippen LogP contribution < -0.4 is 10.5 Å². The van der Waals surface area contributed by atoms with Crippen LogP contribution in [0.15, 0.2) is 68.7 Å². The largest absolute Gasteiger partial charge is 0.420 e. The monoisotopic (exact) mass is 488 g/mol. The van der Waals surface area contributed by atoms with E-state index in [-0.39, 0.29) is 16.9 Å². The second kappa shape index (κ2) is 8.99. The first-order chi connectivity index (χ1) is 16.0. The van der Waals surface area contributed by atoms with E-state index in [0.717, 1.165) is 29.3 Å². The van der Waals surface area contributed by atoms with E-state index in [2.05, 4.69) is 4.98 Å². The van der Waals surface area contributed by atoms with Crippen molar-refractivity contribution in [3.05, 3.63) is 88.0 Å². The summed E-state index contributed by atoms with van der Waals surface area (Å²) in [4.78, 5) is 17.3. The normalized spacial score (nSPS) is 12.9. The summed E-state index contributed by atoms with van der Waals surface area (Å²) in [6.45, 7) is 2.47. The maximum Gasteiger partial charge on any atom is 0.420 e. The van der Waals surface area contributed by atoms with Gasteiger partial charge < -0.3 is 9.32 Å². The van der Waals surface area contributed by atoms with Gasteiger partial charge in [-0.25, -0.2) is 22.6 Å². The topological polar surface area (TPSA) is 97.4 Å². The van der Waals surface area contributed by atoms with E-state index in [1.807, 2.05) is 48.0 Å². The van der Waals surface area contributed by atoms with E-state index in [4.69, 9.17) is 4.42 Å². The van der Waals surface area contributed by atoms with Crippen LogP contribution >= 0.6 is 0 Å². The number of aromatic nitrogens is 2. The standard InChI is InChI=1S/C23H22F2N4O4S/c1-14(16-7-4-6-15(10-16)13-28(2)3)29-18-11-17(24)20(12-19(18)33-23(29)30)34(31,32)27-22-9-5-8-21(25)26-22/h4-12,14H,13H2,1-3H3,(H,26,27). The van der Waals surface area contributed by atoms with E-state index in [1.165, 1.54) is 16.7 Å². The summed E-state index contributed by atoms with van der Waals surface area (Å²) in [6.07, 6.45) is 0. The molecule has 0 aliphatic rings. The number of sulfonamides is 1. The van der Waals surface area contributed by atoms with Crippen LogP contribution in [-0.4, -0.2) is 37.0 Å². The highest BCUT2D eigenvalue weighted by Crippen LogP contribution is 2.28. The summed E-state index contributed by atoms with van der Waals surface area (Å²) in [5, 5.41) is 0. The van der Waals surface area contributed by atoms with Crippen LogP contribution in [0.25, 0.3) is 11.1 Å². The molecule has 1 N–H and O–H groups in total. The molecule has 0 saturated carbocycles. The Hall–Kier alpha value is -3.57. The molecule has 2 aromatic carbocycles. The molecule has 11 heteroatoms. The second-order valence-electron chi connectivity index (χ2n) is 8.10. The number of benzene rings is 2. The highest BCUT2D eigenvalue weighted by Gasteiger charge is 2.25. The lowest BCUT2D eigenvalue weighted by Gasteiger charge is -2.16. The van der Waals surface area contributed by atoms with Gasteiger partial charge >= 0.3 is 5.76 Å². The van der Waals surface area contributed by atoms with Gasteiger partial charge in [0.05, 0.1) is 11.6 Å². The Labute approximate surface area is 194 Å². The minimum absolute atomic E-state index is 0.102. The van der Waals surface area contributed by atoms with Crippen LogP contribution in [0.3, 0.4) is 0 Å². The van der Waals surface area contributed by atoms with Gasteiger partial charge in [0.15, 0.2) is 5.58 Å². The van der Waals surface area contributed by atoms with Gasteiger partial charge in [0, 0.05) is 18.7 Å². The van der Waals surface area contributed by atoms with Gasteiger partial charge in [-0.15, -0.1) is 0 Å². The third-order valence-corrected chi connectivity index (χ3v) is 6.60. The minimum Gasteiger partial charge on any atom is -0.408 e. The Morgan fingerprint density at radius 1 is 1.12 bits per heavy atom. The van der Waals surface area contributed by atoms with Gasteiger partial charge in [-0.1, -0.05) is 30.3 Å². The molecular weight excluding hydrogens is 466 g/mol. The lowest BCUT2D eigenvalue weighted by molar-refractivity contribution is 0.402. The molecule has 0 aliphatic heterocycles. The lowest BCUT2D eigenvalue weighted by Crippen LogP contribution is -2.20. The molecule has 2 heterocycles. The molecule has 0 bridgehead atoms. The van der Waals surface area contributed by atoms with Gasteiger partial charge in [-0.2, -0.15) is 4.39 Å². The average molecular weight is 489 g/mol. The smallest absolute Gasteiger partial charge is 0.408 e. The highest BCUT2D eigenvalue weighted by atomic mass is 32.2. The van der Waals surface area contributed by atoms with Crippen molar-refractivity contribution < 1.29 is 21.6 Å². The minimum atomic E-state index is -4.48. The van der Waals surface area contributed by atoms with Crippen LogP contribution in [-0.2, 0) is 16.6 Å². The number of pyridine rings is 1. The van der Waals surface area contributed by atoms with E-state index >= 15 is 0 Å². The second-order valence-corrected chi connectivity index (χ2v) is 9.75. The van der Waals surface area contributed by atoms with E-state index < -0.39 is 38.5 Å². The maximum absolute atomic E-state index is 15.0. The zero-order valence-electron chi connectivity index (χ0n) is 18.6. The molecule has 4 aromatic rings. The van der Waals surface area contributed by atoms with Gasteiger partial charge in [0.25, 0.3) is 10.0 Å². The van der Waals surface area contributed by atoms with Crippen molar-refractivity contribution in [2.24, 2.45) is 0 Å². The molecule has 0 fully saturated rings. The molecule has 0 aliphatic carbocycles. The van der Waals surface area contributed by atoms with Gasteiger partial charge in [0.2, 0.25) is 5.95 Å². The lowest BCUT2D eigenvalue weighted by atomic mass is 10.0. The number of oxazole rings is 1. The number of nitrogens with zero attached hydrogens (tertiary/aromatic N) is 3. The zero-order chi connectivity index (χ0) is 24.6. The molecule has 1 atom stereocenters. The predicted octanol–water partition coefficient (Wildman–Crippen LogP) is 3.74. The Morgan fingerprint density at radius 2 is 1.85 bits per heavy atom. The fraction of sp³-hybridized carbons (Fsp3) is 0.217. The molecule has 2 aromatic heterocycles. The Kier molecular flexibility index (Phi) is 6.24. The summed E-state index contributed by atoms with van der Waals surface area (Å²) >= 11 is 0. The van der Waals surface area contributed by atoms with Crippen LogP contribution in [0.4, 0.5) is 14.6 Å². The summed E-state index contributed by atoms with van der Waals surface area (Å²) in [5.41, 5.74) is 1.85. The molecule has 0 spiro atoms. The number of fused-ring (bicyclic) bond motifs is 1. The molecule has 34 heavy (non-hydrogen) atoms. The first-order valence-corrected chi connectivity index (χ1v) is 11.8. The van der Waals surface area contributed by atoms with Gasteiger partial charge in [-0.3, -0.25) is 9.29 Å². The van der Waals surface area contributed by atoms with Crippen molar-refractivity contribution >= 4 is 26.9 Å². The van der Waals surface area contributed by atoms with Crippen molar-refractivity contribution in [2.75, 3.05) is 18.8 Å². The first-order valence-electron chi connectivity index (χ1n) is 10.3. The molecule has 8 nitrogen and oxygen atoms in total. The number of nitrogens with one attached hydrogen (secondary N) is 1. The Balaban J connectivity index is 1.74. The van der Waals surface area contributed by atoms with Crippen LogP contribution in [0.5, 0.6) is 0 Å². The summed E-state index contributed by atoms with van der Waals surface area (Å²) < 4.78 is 62.3. The number of hydrogen-bond acceptors (Lipinski definition) is 6. The van der Waals surface area contributed by atoms with Crippen molar-refractivity contribution in [3.8, 4) is 0 Å². The SMILES string of the molecule is CC(c1cccc(CN(C)C)c1)n1c(=O)oc2cc(S(=O)(=O)Nc3cccc(F)n3)c(F)cc21. The van der Waals surface area contributed by atoms with Crippen molar-refractivity contribution in [1.29, 1.82) is 0 Å². The fourth-order valence-electron chi connectivity index (χ4n) is 3.73. The quantitative estimate of drug-likeness (QED) is 0.398. The molecule has 178 valence electrons. The maximum atomic E-state index is 15.0. The summed E-state index contributed by atoms with van der Waals surface area (Å²) in [5.74, 6) is -3.07. The third kappa shape index (κ3) is 4.70.